The van der Waals surface area contributed by atoms with Gasteiger partial charge >= 0.3 is 0 Å². The second kappa shape index (κ2) is 9.08. The second-order valence-corrected chi connectivity index (χ2v) is 7.80. The Kier molecular flexibility index (Phi) is 6.54. The van der Waals surface area contributed by atoms with Crippen molar-refractivity contribution in [2.45, 2.75) is 25.8 Å². The zero-order valence-corrected chi connectivity index (χ0v) is 16.5. The van der Waals surface area contributed by atoms with Crippen molar-refractivity contribution in [2.75, 3.05) is 11.9 Å². The van der Waals surface area contributed by atoms with Crippen LogP contribution in [-0.4, -0.2) is 12.5 Å². The van der Waals surface area contributed by atoms with Crippen LogP contribution in [0.5, 0.6) is 0 Å². The second-order valence-electron chi connectivity index (χ2n) is 6.82. The van der Waals surface area contributed by atoms with Gasteiger partial charge in [-0.1, -0.05) is 44.2 Å². The molecule has 0 aliphatic rings. The van der Waals surface area contributed by atoms with E-state index < -0.39 is 17.5 Å². The third kappa shape index (κ3) is 5.03. The summed E-state index contributed by atoms with van der Waals surface area (Å²) >= 11 is 1.60. The summed E-state index contributed by atoms with van der Waals surface area (Å²) in [4.78, 5) is 13.3. The van der Waals surface area contributed by atoms with Crippen molar-refractivity contribution in [3.05, 3.63) is 87.6 Å². The van der Waals surface area contributed by atoms with Crippen LogP contribution in [0.1, 0.15) is 41.8 Å². The molecule has 0 radical (unpaired) electrons. The summed E-state index contributed by atoms with van der Waals surface area (Å²) in [5.74, 6) is -1.44. The van der Waals surface area contributed by atoms with Gasteiger partial charge in [0.1, 0.15) is 11.6 Å². The summed E-state index contributed by atoms with van der Waals surface area (Å²) in [5.41, 5.74) is 2.26. The van der Waals surface area contributed by atoms with Gasteiger partial charge in [-0.3, -0.25) is 10.1 Å². The molecule has 1 heterocycles. The maximum Gasteiger partial charge on any atom is 0.238 e. The van der Waals surface area contributed by atoms with E-state index in [1.165, 1.54) is 11.6 Å². The number of nitrogens with one attached hydrogen (secondary N) is 2. The summed E-state index contributed by atoms with van der Waals surface area (Å²) in [6.07, 6.45) is 0. The topological polar surface area (TPSA) is 41.1 Å². The predicted octanol–water partition coefficient (Wildman–Crippen LogP) is 5.47. The number of carbonyl (C=O) groups excluding carboxylic acids is 1. The van der Waals surface area contributed by atoms with Crippen molar-refractivity contribution < 1.29 is 13.6 Å². The number of amides is 1. The number of thiophene rings is 1. The fourth-order valence-electron chi connectivity index (χ4n) is 2.89. The Morgan fingerprint density at radius 3 is 2.36 bits per heavy atom. The summed E-state index contributed by atoms with van der Waals surface area (Å²) in [6.45, 7) is 4.27. The van der Waals surface area contributed by atoms with Crippen molar-refractivity contribution in [3.63, 3.8) is 0 Å². The minimum Gasteiger partial charge on any atom is -0.322 e. The summed E-state index contributed by atoms with van der Waals surface area (Å²) in [7, 11) is 0. The Bertz CT molecular complexity index is 924. The molecule has 0 bridgehead atoms. The van der Waals surface area contributed by atoms with Gasteiger partial charge in [-0.05, 0) is 40.6 Å². The van der Waals surface area contributed by atoms with Crippen molar-refractivity contribution in [1.29, 1.82) is 0 Å². The first-order valence-corrected chi connectivity index (χ1v) is 9.93. The molecule has 146 valence electrons. The fourth-order valence-corrected chi connectivity index (χ4v) is 3.72. The number of halogens is 2. The Balaban J connectivity index is 1.71. The van der Waals surface area contributed by atoms with Crippen molar-refractivity contribution in [2.24, 2.45) is 0 Å². The Labute approximate surface area is 167 Å². The molecule has 3 nitrogen and oxygen atoms in total. The molecule has 1 atom stereocenters. The number of benzene rings is 2. The van der Waals surface area contributed by atoms with Crippen LogP contribution in [0, 0.1) is 11.6 Å². The van der Waals surface area contributed by atoms with Gasteiger partial charge in [-0.25, -0.2) is 8.78 Å². The van der Waals surface area contributed by atoms with Crippen LogP contribution >= 0.6 is 11.3 Å². The first kappa shape index (κ1) is 20.2. The van der Waals surface area contributed by atoms with Crippen LogP contribution in [0.15, 0.2) is 60.0 Å². The van der Waals surface area contributed by atoms with Crippen LogP contribution in [0.3, 0.4) is 0 Å². The SMILES string of the molecule is CC(C)c1ccc([C@H](NCC(=O)Nc2ccc(F)cc2F)c2cccs2)cc1. The minimum atomic E-state index is -0.799. The van der Waals surface area contributed by atoms with Gasteiger partial charge in [0.15, 0.2) is 0 Å². The average Bonchev–Trinajstić information content (AvgIpc) is 3.19. The average molecular weight is 400 g/mol. The Morgan fingerprint density at radius 2 is 1.75 bits per heavy atom. The van der Waals surface area contributed by atoms with Gasteiger partial charge in [0, 0.05) is 10.9 Å². The molecule has 2 N–H and O–H groups in total. The number of hydrogen-bond donors (Lipinski definition) is 2. The first-order valence-electron chi connectivity index (χ1n) is 9.05. The smallest absolute Gasteiger partial charge is 0.238 e. The molecule has 3 aromatic rings. The van der Waals surface area contributed by atoms with E-state index >= 15 is 0 Å². The van der Waals surface area contributed by atoms with Crippen LogP contribution in [0.2, 0.25) is 0 Å². The lowest BCUT2D eigenvalue weighted by Gasteiger charge is -2.19. The van der Waals surface area contributed by atoms with Crippen molar-refractivity contribution in [3.8, 4) is 0 Å². The van der Waals surface area contributed by atoms with Gasteiger partial charge < -0.3 is 5.32 Å². The van der Waals surface area contributed by atoms with Gasteiger partial charge in [0.2, 0.25) is 5.91 Å². The van der Waals surface area contributed by atoms with Gasteiger partial charge in [0.25, 0.3) is 0 Å². The quantitative estimate of drug-likeness (QED) is 0.552. The molecule has 1 amide bonds. The molecular weight excluding hydrogens is 378 g/mol. The molecule has 0 spiro atoms. The van der Waals surface area contributed by atoms with E-state index in [1.54, 1.807) is 11.3 Å². The third-order valence-corrected chi connectivity index (χ3v) is 5.37. The van der Waals surface area contributed by atoms with Crippen LogP contribution in [0.4, 0.5) is 14.5 Å². The normalized spacial score (nSPS) is 12.2. The maximum atomic E-state index is 13.7. The van der Waals surface area contributed by atoms with E-state index in [0.717, 1.165) is 22.6 Å². The van der Waals surface area contributed by atoms with E-state index in [9.17, 15) is 13.6 Å². The van der Waals surface area contributed by atoms with Crippen LogP contribution < -0.4 is 10.6 Å². The summed E-state index contributed by atoms with van der Waals surface area (Å²) in [5, 5.41) is 7.70. The molecule has 2 aromatic carbocycles. The number of hydrogen-bond acceptors (Lipinski definition) is 3. The van der Waals surface area contributed by atoms with E-state index in [0.29, 0.717) is 5.92 Å². The Morgan fingerprint density at radius 1 is 1.04 bits per heavy atom. The van der Waals surface area contributed by atoms with Crippen molar-refractivity contribution in [1.82, 2.24) is 5.32 Å². The van der Waals surface area contributed by atoms with E-state index in [-0.39, 0.29) is 18.3 Å². The highest BCUT2D eigenvalue weighted by atomic mass is 32.1. The molecule has 3 rings (SSSR count). The lowest BCUT2D eigenvalue weighted by molar-refractivity contribution is -0.115. The third-order valence-electron chi connectivity index (χ3n) is 4.44. The standard InChI is InChI=1S/C22H22F2N2OS/c1-14(2)15-5-7-16(8-6-15)22(20-4-3-11-28-20)25-13-21(27)26-19-10-9-17(23)12-18(19)24/h3-12,14,22,25H,13H2,1-2H3,(H,26,27)/t22-/m0/s1. The van der Waals surface area contributed by atoms with Gasteiger partial charge in [-0.2, -0.15) is 0 Å². The molecule has 0 saturated heterocycles. The lowest BCUT2D eigenvalue weighted by Crippen LogP contribution is -2.31. The molecule has 28 heavy (non-hydrogen) atoms. The molecule has 0 aliphatic carbocycles. The van der Waals surface area contributed by atoms with E-state index in [2.05, 4.69) is 48.7 Å². The zero-order valence-electron chi connectivity index (χ0n) is 15.7. The number of rotatable bonds is 7. The highest BCUT2D eigenvalue weighted by Gasteiger charge is 2.17. The Hall–Kier alpha value is -2.57. The molecule has 0 unspecified atom stereocenters. The van der Waals surface area contributed by atoms with Crippen LogP contribution in [-0.2, 0) is 4.79 Å². The van der Waals surface area contributed by atoms with Crippen LogP contribution in [0.25, 0.3) is 0 Å². The van der Waals surface area contributed by atoms with Gasteiger partial charge in [-0.15, -0.1) is 11.3 Å². The fraction of sp³-hybridized carbons (Fsp3) is 0.227. The number of carbonyl (C=O) groups is 1. The molecule has 0 fully saturated rings. The minimum absolute atomic E-state index is 0.00862. The monoisotopic (exact) mass is 400 g/mol. The van der Waals surface area contributed by atoms with E-state index in [1.807, 2.05) is 17.5 Å². The summed E-state index contributed by atoms with van der Waals surface area (Å²) < 4.78 is 26.7. The van der Waals surface area contributed by atoms with Crippen molar-refractivity contribution >= 4 is 22.9 Å². The van der Waals surface area contributed by atoms with E-state index in [4.69, 9.17) is 0 Å². The summed E-state index contributed by atoms with van der Waals surface area (Å²) in [6, 6.07) is 15.2. The highest BCUT2D eigenvalue weighted by Crippen LogP contribution is 2.27. The number of anilines is 1. The predicted molar refractivity (Wildman–Crippen MR) is 110 cm³/mol. The highest BCUT2D eigenvalue weighted by molar-refractivity contribution is 7.10. The molecule has 6 heteroatoms. The molecule has 0 aliphatic heterocycles. The molecule has 1 aromatic heterocycles. The molecular formula is C22H22F2N2OS. The molecule has 0 saturated carbocycles. The first-order chi connectivity index (χ1) is 13.4. The largest absolute Gasteiger partial charge is 0.322 e. The van der Waals surface area contributed by atoms with Gasteiger partial charge in [0.05, 0.1) is 18.3 Å². The lowest BCUT2D eigenvalue weighted by atomic mass is 9.98. The maximum absolute atomic E-state index is 13.7. The zero-order chi connectivity index (χ0) is 20.1.